The number of rotatable bonds is 1. The Morgan fingerprint density at radius 2 is 2.33 bits per heavy atom. The van der Waals surface area contributed by atoms with Gasteiger partial charge in [0.2, 0.25) is 0 Å². The minimum absolute atomic E-state index is 0. The standard InChI is InChI=1S/C5H9N2O.K/c1-4(2)5-6-3-7-8-5;/h4-5H,1-2H3,(H,6,7);/q-1;+1. The van der Waals surface area contributed by atoms with Crippen molar-refractivity contribution < 1.29 is 56.2 Å². The van der Waals surface area contributed by atoms with Crippen LogP contribution in [-0.4, -0.2) is 12.6 Å². The van der Waals surface area contributed by atoms with E-state index in [1.54, 1.807) is 0 Å². The molecule has 1 aliphatic heterocycles. The normalized spacial score (nSPS) is 22.8. The smallest absolute Gasteiger partial charge is 0.512 e. The third-order valence-electron chi connectivity index (χ3n) is 1.02. The molecule has 0 fully saturated rings. The molecule has 1 unspecified atom stereocenters. The SMILES string of the molecule is CC(C)C1N[C-]=NO1.[K+]. The van der Waals surface area contributed by atoms with Crippen molar-refractivity contribution in [1.82, 2.24) is 5.32 Å². The molecule has 0 aromatic rings. The van der Waals surface area contributed by atoms with E-state index in [-0.39, 0.29) is 57.6 Å². The minimum atomic E-state index is 0. The van der Waals surface area contributed by atoms with Crippen LogP contribution in [0, 0.1) is 5.92 Å². The van der Waals surface area contributed by atoms with Crippen LogP contribution >= 0.6 is 0 Å². The van der Waals surface area contributed by atoms with Crippen molar-refractivity contribution in [2.75, 3.05) is 0 Å². The van der Waals surface area contributed by atoms with Gasteiger partial charge in [0.15, 0.2) is 6.23 Å². The Labute approximate surface area is 97.6 Å². The summed E-state index contributed by atoms with van der Waals surface area (Å²) in [5.41, 5.74) is 0. The van der Waals surface area contributed by atoms with Crippen LogP contribution in [0.25, 0.3) is 0 Å². The summed E-state index contributed by atoms with van der Waals surface area (Å²) < 4.78 is 0. The zero-order valence-electron chi connectivity index (χ0n) is 6.01. The topological polar surface area (TPSA) is 33.6 Å². The first-order valence-electron chi connectivity index (χ1n) is 2.67. The summed E-state index contributed by atoms with van der Waals surface area (Å²) in [7, 11) is 0. The average molecular weight is 152 g/mol. The van der Waals surface area contributed by atoms with E-state index >= 15 is 0 Å². The summed E-state index contributed by atoms with van der Waals surface area (Å²) in [6.45, 7) is 4.11. The first kappa shape index (κ1) is 9.91. The molecule has 0 spiro atoms. The summed E-state index contributed by atoms with van der Waals surface area (Å²) >= 11 is 0. The van der Waals surface area contributed by atoms with E-state index in [0.29, 0.717) is 5.92 Å². The zero-order valence-corrected chi connectivity index (χ0v) is 9.13. The molecule has 0 amide bonds. The molecule has 46 valence electrons. The molecule has 0 bridgehead atoms. The number of nitrogens with one attached hydrogen (secondary N) is 1. The Hall–Kier alpha value is 0.906. The van der Waals surface area contributed by atoms with Crippen molar-refractivity contribution in [3.8, 4) is 0 Å². The zero-order chi connectivity index (χ0) is 5.98. The van der Waals surface area contributed by atoms with Gasteiger partial charge in [0.05, 0.1) is 0 Å². The Morgan fingerprint density at radius 3 is 2.56 bits per heavy atom. The summed E-state index contributed by atoms with van der Waals surface area (Å²) in [5.74, 6) is 0.453. The Kier molecular flexibility index (Phi) is 5.15. The van der Waals surface area contributed by atoms with Crippen molar-refractivity contribution >= 4 is 6.34 Å². The van der Waals surface area contributed by atoms with Gasteiger partial charge in [0, 0.05) is 5.92 Å². The maximum atomic E-state index is 4.82. The Bertz CT molecular complexity index is 97.1. The molecule has 0 aromatic carbocycles. The van der Waals surface area contributed by atoms with Crippen LogP contribution in [0.3, 0.4) is 0 Å². The molecule has 0 aromatic heterocycles. The predicted molar refractivity (Wildman–Crippen MR) is 30.3 cm³/mol. The van der Waals surface area contributed by atoms with Gasteiger partial charge in [-0.15, -0.1) is 0 Å². The second-order valence-electron chi connectivity index (χ2n) is 2.12. The number of hydrogen-bond donors (Lipinski definition) is 1. The molecule has 4 heteroatoms. The third-order valence-corrected chi connectivity index (χ3v) is 1.02. The summed E-state index contributed by atoms with van der Waals surface area (Å²) in [4.78, 5) is 4.82. The molecule has 1 rings (SSSR count). The van der Waals surface area contributed by atoms with Crippen molar-refractivity contribution in [2.45, 2.75) is 20.1 Å². The van der Waals surface area contributed by atoms with E-state index in [4.69, 9.17) is 4.84 Å². The van der Waals surface area contributed by atoms with Crippen molar-refractivity contribution in [2.24, 2.45) is 11.1 Å². The molecular weight excluding hydrogens is 143 g/mol. The van der Waals surface area contributed by atoms with E-state index in [2.05, 4.69) is 30.7 Å². The van der Waals surface area contributed by atoms with Gasteiger partial charge in [0.1, 0.15) is 0 Å². The van der Waals surface area contributed by atoms with Crippen LogP contribution in [0.1, 0.15) is 13.8 Å². The van der Waals surface area contributed by atoms with Gasteiger partial charge in [-0.25, -0.2) is 0 Å². The van der Waals surface area contributed by atoms with Gasteiger partial charge < -0.3 is 10.2 Å². The van der Waals surface area contributed by atoms with Gasteiger partial charge in [-0.05, 0) is 0 Å². The monoisotopic (exact) mass is 152 g/mol. The Morgan fingerprint density at radius 1 is 1.67 bits per heavy atom. The average Bonchev–Trinajstić information content (AvgIpc) is 2.12. The van der Waals surface area contributed by atoms with E-state index in [0.717, 1.165) is 0 Å². The third kappa shape index (κ3) is 3.00. The van der Waals surface area contributed by atoms with Crippen molar-refractivity contribution in [3.05, 3.63) is 0 Å². The first-order chi connectivity index (χ1) is 3.80. The first-order valence-corrected chi connectivity index (χ1v) is 2.67. The molecule has 3 nitrogen and oxygen atoms in total. The van der Waals surface area contributed by atoms with Gasteiger partial charge in [-0.3, -0.25) is 11.5 Å². The summed E-state index contributed by atoms with van der Waals surface area (Å²) in [5, 5.41) is 6.24. The maximum Gasteiger partial charge on any atom is 1.00 e. The van der Waals surface area contributed by atoms with Gasteiger partial charge >= 0.3 is 51.4 Å². The van der Waals surface area contributed by atoms with Crippen molar-refractivity contribution in [1.29, 1.82) is 0 Å². The molecule has 1 atom stereocenters. The largest absolute Gasteiger partial charge is 1.00 e. The fourth-order valence-corrected chi connectivity index (χ4v) is 0.488. The number of hydrogen-bond acceptors (Lipinski definition) is 3. The fourth-order valence-electron chi connectivity index (χ4n) is 0.488. The van der Waals surface area contributed by atoms with Crippen LogP contribution in [0.15, 0.2) is 5.16 Å². The molecule has 0 radical (unpaired) electrons. The van der Waals surface area contributed by atoms with Crippen LogP contribution < -0.4 is 56.7 Å². The molecular formula is C5H9KN2O. The van der Waals surface area contributed by atoms with E-state index in [1.807, 2.05) is 0 Å². The second-order valence-corrected chi connectivity index (χ2v) is 2.12. The van der Waals surface area contributed by atoms with E-state index in [9.17, 15) is 0 Å². The van der Waals surface area contributed by atoms with Crippen LogP contribution in [0.5, 0.6) is 0 Å². The van der Waals surface area contributed by atoms with Gasteiger partial charge in [-0.2, -0.15) is 0 Å². The second kappa shape index (κ2) is 4.68. The quantitative estimate of drug-likeness (QED) is 0.330. The molecule has 0 saturated carbocycles. The molecule has 1 N–H and O–H groups in total. The van der Waals surface area contributed by atoms with Gasteiger partial charge in [-0.1, -0.05) is 13.8 Å². The summed E-state index contributed by atoms with van der Waals surface area (Å²) in [6, 6.07) is 0. The fraction of sp³-hybridized carbons (Fsp3) is 0.800. The van der Waals surface area contributed by atoms with E-state index in [1.165, 1.54) is 0 Å². The van der Waals surface area contributed by atoms with Crippen molar-refractivity contribution in [3.63, 3.8) is 0 Å². The Balaban J connectivity index is 0.000000640. The van der Waals surface area contributed by atoms with Crippen LogP contribution in [-0.2, 0) is 4.84 Å². The maximum absolute atomic E-state index is 4.82. The van der Waals surface area contributed by atoms with Gasteiger partial charge in [0.25, 0.3) is 0 Å². The molecule has 1 aliphatic rings. The van der Waals surface area contributed by atoms with Crippen LogP contribution in [0.4, 0.5) is 0 Å². The molecule has 9 heavy (non-hydrogen) atoms. The minimum Gasteiger partial charge on any atom is -0.512 e. The molecule has 0 aliphatic carbocycles. The van der Waals surface area contributed by atoms with Crippen LogP contribution in [0.2, 0.25) is 0 Å². The predicted octanol–water partition coefficient (Wildman–Crippen LogP) is -2.59. The summed E-state index contributed by atoms with van der Waals surface area (Å²) in [6.07, 6.45) is 2.54. The van der Waals surface area contributed by atoms with E-state index < -0.39 is 0 Å². The molecule has 1 heterocycles. The molecule has 0 saturated heterocycles. The number of nitrogens with zero attached hydrogens (tertiary/aromatic N) is 1.